The third-order valence-electron chi connectivity index (χ3n) is 2.75. The van der Waals surface area contributed by atoms with Gasteiger partial charge in [-0.15, -0.1) is 0 Å². The molecule has 6 heteroatoms. The van der Waals surface area contributed by atoms with Gasteiger partial charge in [0, 0.05) is 17.2 Å². The van der Waals surface area contributed by atoms with Crippen molar-refractivity contribution in [3.05, 3.63) is 61.8 Å². The number of ether oxygens (including phenoxy) is 1. The number of carbonyl (C=O) groups is 1. The zero-order chi connectivity index (χ0) is 15.6. The third kappa shape index (κ3) is 3.57. The summed E-state index contributed by atoms with van der Waals surface area (Å²) in [5.41, 5.74) is 0.550. The van der Waals surface area contributed by atoms with Crippen molar-refractivity contribution < 1.29 is 13.9 Å². The second-order valence-corrected chi connectivity index (χ2v) is 5.82. The first kappa shape index (κ1) is 16.3. The van der Waals surface area contributed by atoms with E-state index < -0.39 is 5.82 Å². The van der Waals surface area contributed by atoms with Gasteiger partial charge in [0.15, 0.2) is 5.78 Å². The van der Waals surface area contributed by atoms with Crippen molar-refractivity contribution >= 4 is 44.9 Å². The van der Waals surface area contributed by atoms with Gasteiger partial charge in [-0.2, -0.15) is 0 Å². The molecule has 2 rings (SSSR count). The fourth-order valence-electron chi connectivity index (χ4n) is 1.76. The van der Waals surface area contributed by atoms with Gasteiger partial charge in [-0.25, -0.2) is 4.39 Å². The zero-order valence-corrected chi connectivity index (χ0v) is 14.0. The molecule has 0 saturated carbocycles. The van der Waals surface area contributed by atoms with Crippen molar-refractivity contribution in [3.63, 3.8) is 0 Å². The van der Waals surface area contributed by atoms with Crippen molar-refractivity contribution in [1.82, 2.24) is 0 Å². The van der Waals surface area contributed by atoms with Gasteiger partial charge in [-0.3, -0.25) is 4.79 Å². The molecule has 2 aromatic carbocycles. The average molecular weight is 392 g/mol. The molecule has 0 aliphatic carbocycles. The van der Waals surface area contributed by atoms with Crippen LogP contribution in [0.2, 0.25) is 10.0 Å². The lowest BCUT2D eigenvalue weighted by molar-refractivity contribution is 0.103. The maximum Gasteiger partial charge on any atom is 0.194 e. The van der Waals surface area contributed by atoms with Crippen LogP contribution >= 0.6 is 39.1 Å². The lowest BCUT2D eigenvalue weighted by Crippen LogP contribution is -2.04. The Morgan fingerprint density at radius 1 is 1.24 bits per heavy atom. The number of hydrogen-bond acceptors (Lipinski definition) is 2. The molecule has 0 N–H and O–H groups in total. The second kappa shape index (κ2) is 6.77. The van der Waals surface area contributed by atoms with Gasteiger partial charge in [0.05, 0.1) is 21.1 Å². The second-order valence-electron chi connectivity index (χ2n) is 4.15. The molecule has 0 aromatic heterocycles. The predicted octanol–water partition coefficient (Wildman–Crippen LogP) is 5.52. The van der Waals surface area contributed by atoms with Crippen molar-refractivity contribution in [3.8, 4) is 5.75 Å². The van der Waals surface area contributed by atoms with Gasteiger partial charge >= 0.3 is 0 Å². The first-order valence-electron chi connectivity index (χ1n) is 6.05. The number of hydrogen-bond donors (Lipinski definition) is 0. The van der Waals surface area contributed by atoms with Gasteiger partial charge in [-0.1, -0.05) is 23.2 Å². The van der Waals surface area contributed by atoms with Crippen LogP contribution in [0.3, 0.4) is 0 Å². The summed E-state index contributed by atoms with van der Waals surface area (Å²) >= 11 is 15.2. The Balaban J connectivity index is 2.43. The van der Waals surface area contributed by atoms with E-state index in [0.29, 0.717) is 22.9 Å². The third-order valence-corrected chi connectivity index (χ3v) is 3.96. The molecule has 0 aliphatic heterocycles. The Bertz CT molecular complexity index is 704. The SMILES string of the molecule is CCOc1cc(Cl)c(C(=O)c2ccc(F)c(Br)c2)cc1Cl. The largest absolute Gasteiger partial charge is 0.492 e. The first-order chi connectivity index (χ1) is 9.93. The zero-order valence-electron chi connectivity index (χ0n) is 10.9. The lowest BCUT2D eigenvalue weighted by atomic mass is 10.0. The van der Waals surface area contributed by atoms with Crippen molar-refractivity contribution in [2.24, 2.45) is 0 Å². The van der Waals surface area contributed by atoms with E-state index >= 15 is 0 Å². The van der Waals surface area contributed by atoms with Crippen LogP contribution in [-0.2, 0) is 0 Å². The molecular weight excluding hydrogens is 382 g/mol. The van der Waals surface area contributed by atoms with Crippen LogP contribution in [0.4, 0.5) is 4.39 Å². The monoisotopic (exact) mass is 390 g/mol. The van der Waals surface area contributed by atoms with E-state index in [1.54, 1.807) is 0 Å². The predicted molar refractivity (Wildman–Crippen MR) is 85.2 cm³/mol. The van der Waals surface area contributed by atoms with E-state index in [0.717, 1.165) is 0 Å². The molecule has 0 fully saturated rings. The average Bonchev–Trinajstić information content (AvgIpc) is 2.45. The van der Waals surface area contributed by atoms with Gasteiger partial charge in [0.1, 0.15) is 11.6 Å². The van der Waals surface area contributed by atoms with Crippen LogP contribution in [0.1, 0.15) is 22.8 Å². The van der Waals surface area contributed by atoms with E-state index in [4.69, 9.17) is 27.9 Å². The van der Waals surface area contributed by atoms with E-state index in [1.807, 2.05) is 6.92 Å². The van der Waals surface area contributed by atoms with Crippen LogP contribution in [-0.4, -0.2) is 12.4 Å². The molecule has 0 atom stereocenters. The van der Waals surface area contributed by atoms with Gasteiger partial charge in [-0.05, 0) is 47.1 Å². The molecule has 110 valence electrons. The molecule has 0 aliphatic rings. The minimum atomic E-state index is -0.442. The van der Waals surface area contributed by atoms with Crippen LogP contribution in [0.25, 0.3) is 0 Å². The summed E-state index contributed by atoms with van der Waals surface area (Å²) in [5.74, 6) is -0.367. The van der Waals surface area contributed by atoms with E-state index in [-0.39, 0.29) is 20.8 Å². The van der Waals surface area contributed by atoms with E-state index in [1.165, 1.54) is 30.3 Å². The number of carbonyl (C=O) groups excluding carboxylic acids is 1. The highest BCUT2D eigenvalue weighted by molar-refractivity contribution is 9.10. The van der Waals surface area contributed by atoms with E-state index in [2.05, 4.69) is 15.9 Å². The summed E-state index contributed by atoms with van der Waals surface area (Å²) < 4.78 is 18.7. The van der Waals surface area contributed by atoms with Crippen molar-refractivity contribution in [2.75, 3.05) is 6.61 Å². The molecule has 0 bridgehead atoms. The molecule has 0 radical (unpaired) electrons. The van der Waals surface area contributed by atoms with Crippen LogP contribution in [0.5, 0.6) is 5.75 Å². The molecule has 0 amide bonds. The smallest absolute Gasteiger partial charge is 0.194 e. The normalized spacial score (nSPS) is 10.5. The number of rotatable bonds is 4. The topological polar surface area (TPSA) is 26.3 Å². The fourth-order valence-corrected chi connectivity index (χ4v) is 2.60. The van der Waals surface area contributed by atoms with E-state index in [9.17, 15) is 9.18 Å². The minimum Gasteiger partial charge on any atom is -0.492 e. The number of halogens is 4. The van der Waals surface area contributed by atoms with Gasteiger partial charge in [0.2, 0.25) is 0 Å². The quantitative estimate of drug-likeness (QED) is 0.641. The standard InChI is InChI=1S/C15H10BrCl2FO2/c1-2-21-14-7-11(17)9(6-12(14)18)15(20)8-3-4-13(19)10(16)5-8/h3-7H,2H2,1H3. The Morgan fingerprint density at radius 2 is 1.95 bits per heavy atom. The molecular formula is C15H10BrCl2FO2. The molecule has 21 heavy (non-hydrogen) atoms. The molecule has 2 aromatic rings. The highest BCUT2D eigenvalue weighted by Crippen LogP contribution is 2.32. The van der Waals surface area contributed by atoms with Crippen molar-refractivity contribution in [1.29, 1.82) is 0 Å². The number of benzene rings is 2. The Morgan fingerprint density at radius 3 is 2.57 bits per heavy atom. The maximum atomic E-state index is 13.2. The summed E-state index contributed by atoms with van der Waals surface area (Å²) in [4.78, 5) is 12.4. The molecule has 0 heterocycles. The van der Waals surface area contributed by atoms with Gasteiger partial charge in [0.25, 0.3) is 0 Å². The van der Waals surface area contributed by atoms with Gasteiger partial charge < -0.3 is 4.74 Å². The molecule has 2 nitrogen and oxygen atoms in total. The van der Waals surface area contributed by atoms with Crippen LogP contribution in [0.15, 0.2) is 34.8 Å². The first-order valence-corrected chi connectivity index (χ1v) is 7.60. The fraction of sp³-hybridized carbons (Fsp3) is 0.133. The number of ketones is 1. The summed E-state index contributed by atoms with van der Waals surface area (Å²) in [6.45, 7) is 2.26. The lowest BCUT2D eigenvalue weighted by Gasteiger charge is -2.10. The summed E-state index contributed by atoms with van der Waals surface area (Å²) in [6.07, 6.45) is 0. The highest BCUT2D eigenvalue weighted by Gasteiger charge is 2.17. The van der Waals surface area contributed by atoms with Crippen molar-refractivity contribution in [2.45, 2.75) is 6.92 Å². The van der Waals surface area contributed by atoms with Crippen LogP contribution < -0.4 is 4.74 Å². The Hall–Kier alpha value is -1.10. The summed E-state index contributed by atoms with van der Waals surface area (Å²) in [6, 6.07) is 6.95. The minimum absolute atomic E-state index is 0.210. The maximum absolute atomic E-state index is 13.2. The Labute approximate surface area is 139 Å². The summed E-state index contributed by atoms with van der Waals surface area (Å²) in [5, 5.41) is 0.527. The molecule has 0 spiro atoms. The summed E-state index contributed by atoms with van der Waals surface area (Å²) in [7, 11) is 0. The van der Waals surface area contributed by atoms with Crippen LogP contribution in [0, 0.1) is 5.82 Å². The molecule has 0 saturated heterocycles. The Kier molecular flexibility index (Phi) is 5.25. The highest BCUT2D eigenvalue weighted by atomic mass is 79.9. The molecule has 0 unspecified atom stereocenters.